The van der Waals surface area contributed by atoms with Crippen LogP contribution in [0.5, 0.6) is 17.2 Å². The molecule has 0 atom stereocenters. The predicted octanol–water partition coefficient (Wildman–Crippen LogP) is 7.78. The molecule has 5 rings (SSSR count). The van der Waals surface area contributed by atoms with E-state index in [9.17, 15) is 14.4 Å². The summed E-state index contributed by atoms with van der Waals surface area (Å²) in [5.41, 5.74) is 2.19. The Hall–Kier alpha value is -5.32. The summed E-state index contributed by atoms with van der Waals surface area (Å²) in [7, 11) is 2.73. The Balaban J connectivity index is 1.39. The Morgan fingerprint density at radius 2 is 1.48 bits per heavy atom. The average Bonchev–Trinajstić information content (AvgIpc) is 3.05. The van der Waals surface area contributed by atoms with Gasteiger partial charge in [-0.05, 0) is 60.6 Å². The van der Waals surface area contributed by atoms with Gasteiger partial charge >= 0.3 is 12.1 Å². The minimum Gasteiger partial charge on any atom is -0.492 e. The lowest BCUT2D eigenvalue weighted by Crippen LogP contribution is -2.36. The standard InChI is InChI=1S/C35H39N5O6/c1-35(2,3)22-19-27(31(44-4)28(20-22)39-34(43)45-5)38-33(42)37-26-13-14-30(25-12-8-7-11-24(25)26)46-23-15-16-36-29(21-23)32(41)40-17-9-6-10-18-40/h7-8,11-16,19-21H,6,9-10,17-18H2,1-5H3,(H,39,43)(H2,37,38,42). The van der Waals surface area contributed by atoms with Gasteiger partial charge in [0.05, 0.1) is 31.3 Å². The lowest BCUT2D eigenvalue weighted by Gasteiger charge is -2.26. The van der Waals surface area contributed by atoms with Gasteiger partial charge in [0.25, 0.3) is 5.91 Å². The van der Waals surface area contributed by atoms with Crippen molar-refractivity contribution < 1.29 is 28.6 Å². The number of anilines is 3. The van der Waals surface area contributed by atoms with Crippen molar-refractivity contribution in [1.29, 1.82) is 0 Å². The van der Waals surface area contributed by atoms with E-state index in [1.54, 1.807) is 36.5 Å². The number of fused-ring (bicyclic) bond motifs is 1. The predicted molar refractivity (Wildman–Crippen MR) is 178 cm³/mol. The summed E-state index contributed by atoms with van der Waals surface area (Å²) in [6.07, 6.45) is 4.04. The number of hydrogen-bond donors (Lipinski definition) is 3. The number of hydrogen-bond acceptors (Lipinski definition) is 7. The van der Waals surface area contributed by atoms with Gasteiger partial charge in [-0.2, -0.15) is 0 Å². The van der Waals surface area contributed by atoms with Crippen molar-refractivity contribution in [3.05, 3.63) is 78.1 Å². The molecule has 11 nitrogen and oxygen atoms in total. The van der Waals surface area contributed by atoms with Gasteiger partial charge in [-0.25, -0.2) is 9.59 Å². The highest BCUT2D eigenvalue weighted by Gasteiger charge is 2.23. The maximum Gasteiger partial charge on any atom is 0.411 e. The van der Waals surface area contributed by atoms with E-state index >= 15 is 0 Å². The molecule has 11 heteroatoms. The van der Waals surface area contributed by atoms with E-state index in [2.05, 4.69) is 20.9 Å². The van der Waals surface area contributed by atoms with E-state index < -0.39 is 12.1 Å². The molecule has 1 aliphatic heterocycles. The molecule has 1 aliphatic rings. The molecule has 46 heavy (non-hydrogen) atoms. The Morgan fingerprint density at radius 1 is 0.804 bits per heavy atom. The van der Waals surface area contributed by atoms with E-state index in [0.717, 1.165) is 48.7 Å². The fraction of sp³-hybridized carbons (Fsp3) is 0.314. The summed E-state index contributed by atoms with van der Waals surface area (Å²) in [6, 6.07) is 17.5. The minimum atomic E-state index is -0.662. The monoisotopic (exact) mass is 625 g/mol. The number of likely N-dealkylation sites (tertiary alicyclic amines) is 1. The molecule has 0 bridgehead atoms. The van der Waals surface area contributed by atoms with Crippen molar-refractivity contribution in [2.45, 2.75) is 45.4 Å². The molecular formula is C35H39N5O6. The number of methoxy groups -OCH3 is 2. The Kier molecular flexibility index (Phi) is 9.60. The van der Waals surface area contributed by atoms with Crippen molar-refractivity contribution in [1.82, 2.24) is 9.88 Å². The fourth-order valence-electron chi connectivity index (χ4n) is 5.35. The van der Waals surface area contributed by atoms with Crippen molar-refractivity contribution >= 4 is 45.9 Å². The second kappa shape index (κ2) is 13.8. The van der Waals surface area contributed by atoms with Gasteiger partial charge in [-0.1, -0.05) is 45.0 Å². The SMILES string of the molecule is COC(=O)Nc1cc(C(C)(C)C)cc(NC(=O)Nc2ccc(Oc3ccnc(C(=O)N4CCCCC4)c3)c3ccccc23)c1OC. The Labute approximate surface area is 268 Å². The van der Waals surface area contributed by atoms with Crippen LogP contribution in [0.4, 0.5) is 26.7 Å². The van der Waals surface area contributed by atoms with Crippen LogP contribution in [0.3, 0.4) is 0 Å². The molecule has 0 aliphatic carbocycles. The van der Waals surface area contributed by atoms with Gasteiger partial charge < -0.3 is 29.7 Å². The number of ether oxygens (including phenoxy) is 3. The van der Waals surface area contributed by atoms with Crippen LogP contribution >= 0.6 is 0 Å². The first kappa shape index (κ1) is 32.1. The highest BCUT2D eigenvalue weighted by Crippen LogP contribution is 2.39. The molecule has 4 aromatic rings. The Morgan fingerprint density at radius 3 is 2.15 bits per heavy atom. The van der Waals surface area contributed by atoms with Gasteiger partial charge in [0.2, 0.25) is 0 Å². The zero-order valence-corrected chi connectivity index (χ0v) is 26.7. The van der Waals surface area contributed by atoms with Crippen molar-refractivity contribution in [2.24, 2.45) is 0 Å². The normalized spacial score (nSPS) is 13.1. The van der Waals surface area contributed by atoms with E-state index in [1.165, 1.54) is 14.2 Å². The van der Waals surface area contributed by atoms with Crippen LogP contribution in [0.1, 0.15) is 56.1 Å². The highest BCUT2D eigenvalue weighted by atomic mass is 16.5. The summed E-state index contributed by atoms with van der Waals surface area (Å²) in [4.78, 5) is 44.6. The van der Waals surface area contributed by atoms with Gasteiger partial charge in [-0.15, -0.1) is 0 Å². The summed E-state index contributed by atoms with van der Waals surface area (Å²) in [5.74, 6) is 1.22. The number of pyridine rings is 1. The van der Waals surface area contributed by atoms with Crippen molar-refractivity contribution in [3.8, 4) is 17.2 Å². The molecular weight excluding hydrogens is 586 g/mol. The number of nitrogens with zero attached hydrogens (tertiary/aromatic N) is 2. The number of piperidine rings is 1. The number of carbonyl (C=O) groups excluding carboxylic acids is 3. The van der Waals surface area contributed by atoms with Crippen LogP contribution < -0.4 is 25.4 Å². The van der Waals surface area contributed by atoms with E-state index in [4.69, 9.17) is 14.2 Å². The maximum absolute atomic E-state index is 13.4. The Bertz CT molecular complexity index is 1760. The summed E-state index contributed by atoms with van der Waals surface area (Å²) in [5, 5.41) is 9.98. The largest absolute Gasteiger partial charge is 0.492 e. The van der Waals surface area contributed by atoms with Crippen molar-refractivity contribution in [2.75, 3.05) is 43.3 Å². The molecule has 0 saturated carbocycles. The molecule has 240 valence electrons. The van der Waals surface area contributed by atoms with Crippen LogP contribution in [0.2, 0.25) is 0 Å². The summed E-state index contributed by atoms with van der Waals surface area (Å²) >= 11 is 0. The number of aromatic nitrogens is 1. The molecule has 1 saturated heterocycles. The molecule has 3 aromatic carbocycles. The van der Waals surface area contributed by atoms with E-state index in [1.807, 2.05) is 56.0 Å². The fourth-order valence-corrected chi connectivity index (χ4v) is 5.35. The number of amides is 4. The number of benzene rings is 3. The molecule has 0 unspecified atom stereocenters. The number of carbonyl (C=O) groups is 3. The number of urea groups is 1. The topological polar surface area (TPSA) is 131 Å². The van der Waals surface area contributed by atoms with E-state index in [-0.39, 0.29) is 17.1 Å². The molecule has 3 N–H and O–H groups in total. The van der Waals surface area contributed by atoms with Crippen LogP contribution in [0.15, 0.2) is 66.9 Å². The van der Waals surface area contributed by atoms with Crippen LogP contribution in [0.25, 0.3) is 10.8 Å². The van der Waals surface area contributed by atoms with E-state index in [0.29, 0.717) is 34.3 Å². The summed E-state index contributed by atoms with van der Waals surface area (Å²) < 4.78 is 16.6. The first-order valence-electron chi connectivity index (χ1n) is 15.2. The van der Waals surface area contributed by atoms with Gasteiger partial charge in [-0.3, -0.25) is 15.1 Å². The first-order valence-corrected chi connectivity index (χ1v) is 15.2. The van der Waals surface area contributed by atoms with Crippen LogP contribution in [0, 0.1) is 0 Å². The number of rotatable bonds is 7. The van der Waals surface area contributed by atoms with Gasteiger partial charge in [0.1, 0.15) is 17.2 Å². The van der Waals surface area contributed by atoms with Gasteiger partial charge in [0.15, 0.2) is 5.75 Å². The lowest BCUT2D eigenvalue weighted by atomic mass is 9.86. The maximum atomic E-state index is 13.4. The molecule has 4 amide bonds. The quantitative estimate of drug-likeness (QED) is 0.191. The third kappa shape index (κ3) is 7.31. The lowest BCUT2D eigenvalue weighted by molar-refractivity contribution is 0.0718. The third-order valence-corrected chi connectivity index (χ3v) is 7.78. The molecule has 1 aromatic heterocycles. The van der Waals surface area contributed by atoms with Gasteiger partial charge in [0, 0.05) is 36.1 Å². The van der Waals surface area contributed by atoms with Crippen LogP contribution in [-0.2, 0) is 10.2 Å². The summed E-state index contributed by atoms with van der Waals surface area (Å²) in [6.45, 7) is 7.54. The molecule has 0 radical (unpaired) electrons. The smallest absolute Gasteiger partial charge is 0.411 e. The first-order chi connectivity index (χ1) is 22.1. The van der Waals surface area contributed by atoms with Crippen molar-refractivity contribution in [3.63, 3.8) is 0 Å². The minimum absolute atomic E-state index is 0.0987. The zero-order chi connectivity index (χ0) is 32.8. The zero-order valence-electron chi connectivity index (χ0n) is 26.7. The average molecular weight is 626 g/mol. The second-order valence-electron chi connectivity index (χ2n) is 12.0. The molecule has 1 fully saturated rings. The second-order valence-corrected chi connectivity index (χ2v) is 12.0. The highest BCUT2D eigenvalue weighted by molar-refractivity contribution is 6.08. The molecule has 0 spiro atoms. The third-order valence-electron chi connectivity index (χ3n) is 7.78. The number of nitrogens with one attached hydrogen (secondary N) is 3. The van der Waals surface area contributed by atoms with Crippen LogP contribution in [-0.4, -0.2) is 55.2 Å². The molecule has 2 heterocycles.